The summed E-state index contributed by atoms with van der Waals surface area (Å²) in [6.07, 6.45) is 1.39. The molecule has 2 aliphatic heterocycles. The van der Waals surface area contributed by atoms with Crippen LogP contribution in [0.4, 0.5) is 0 Å². The fourth-order valence-corrected chi connectivity index (χ4v) is 2.85. The summed E-state index contributed by atoms with van der Waals surface area (Å²) in [5, 5.41) is 6.09. The van der Waals surface area contributed by atoms with Gasteiger partial charge in [0, 0.05) is 32.6 Å². The van der Waals surface area contributed by atoms with E-state index in [1.807, 2.05) is 4.90 Å². The van der Waals surface area contributed by atoms with Gasteiger partial charge >= 0.3 is 0 Å². The largest absolute Gasteiger partial charge is 0.347 e. The minimum Gasteiger partial charge on any atom is -0.347 e. The van der Waals surface area contributed by atoms with E-state index in [1.165, 1.54) is 0 Å². The molecule has 0 aromatic rings. The van der Waals surface area contributed by atoms with Gasteiger partial charge in [0.15, 0.2) is 0 Å². The Kier molecular flexibility index (Phi) is 6.76. The first-order valence-corrected chi connectivity index (χ1v) is 7.31. The van der Waals surface area contributed by atoms with E-state index in [0.29, 0.717) is 24.2 Å². The van der Waals surface area contributed by atoms with Crippen LogP contribution < -0.4 is 10.6 Å². The maximum atomic E-state index is 12.0. The molecule has 20 heavy (non-hydrogen) atoms. The highest BCUT2D eigenvalue weighted by Gasteiger charge is 2.37. The maximum Gasteiger partial charge on any atom is 0.241 e. The third kappa shape index (κ3) is 4.63. The quantitative estimate of drug-likeness (QED) is 0.783. The van der Waals surface area contributed by atoms with E-state index in [2.05, 4.69) is 24.5 Å². The molecule has 0 radical (unpaired) electrons. The van der Waals surface area contributed by atoms with Crippen LogP contribution in [0.2, 0.25) is 0 Å². The van der Waals surface area contributed by atoms with Crippen LogP contribution in [-0.2, 0) is 9.59 Å². The highest BCUT2D eigenvalue weighted by molar-refractivity contribution is 5.85. The van der Waals surface area contributed by atoms with Crippen molar-refractivity contribution in [3.8, 4) is 0 Å². The van der Waals surface area contributed by atoms with Gasteiger partial charge in [0.2, 0.25) is 11.8 Å². The lowest BCUT2D eigenvalue weighted by Crippen LogP contribution is -2.40. The van der Waals surface area contributed by atoms with Gasteiger partial charge in [0.25, 0.3) is 0 Å². The number of carbonyl (C=O) groups excluding carboxylic acids is 2. The molecule has 2 amide bonds. The lowest BCUT2D eigenvalue weighted by Gasteiger charge is -2.17. The van der Waals surface area contributed by atoms with Gasteiger partial charge in [-0.05, 0) is 24.2 Å². The zero-order chi connectivity index (χ0) is 13.8. The van der Waals surface area contributed by atoms with Crippen LogP contribution in [0.1, 0.15) is 26.7 Å². The Morgan fingerprint density at radius 1 is 1.25 bits per heavy atom. The first-order valence-electron chi connectivity index (χ1n) is 7.31. The molecular formula is C14H26ClN3O2. The van der Waals surface area contributed by atoms with Crippen LogP contribution in [0.3, 0.4) is 0 Å². The number of halogens is 1. The van der Waals surface area contributed by atoms with Gasteiger partial charge in [0.05, 0.1) is 6.54 Å². The third-order valence-electron chi connectivity index (χ3n) is 4.13. The van der Waals surface area contributed by atoms with Gasteiger partial charge in [0.1, 0.15) is 0 Å². The van der Waals surface area contributed by atoms with Gasteiger partial charge in [-0.25, -0.2) is 0 Å². The molecule has 2 N–H and O–H groups in total. The zero-order valence-corrected chi connectivity index (χ0v) is 13.2. The van der Waals surface area contributed by atoms with E-state index in [4.69, 9.17) is 0 Å². The topological polar surface area (TPSA) is 61.4 Å². The highest BCUT2D eigenvalue weighted by atomic mass is 35.5. The Morgan fingerprint density at radius 2 is 1.85 bits per heavy atom. The second kappa shape index (κ2) is 7.84. The highest BCUT2D eigenvalue weighted by Crippen LogP contribution is 2.25. The number of rotatable bonds is 5. The summed E-state index contributed by atoms with van der Waals surface area (Å²) < 4.78 is 0. The van der Waals surface area contributed by atoms with Crippen LogP contribution in [0.25, 0.3) is 0 Å². The summed E-state index contributed by atoms with van der Waals surface area (Å²) in [5.74, 6) is 1.79. The minimum absolute atomic E-state index is 0. The number of fused-ring (bicyclic) bond motifs is 1. The average Bonchev–Trinajstić information content (AvgIpc) is 2.93. The van der Waals surface area contributed by atoms with Crippen molar-refractivity contribution >= 4 is 24.2 Å². The third-order valence-corrected chi connectivity index (χ3v) is 4.13. The number of amides is 2. The molecule has 0 bridgehead atoms. The molecule has 0 unspecified atom stereocenters. The molecule has 2 fully saturated rings. The van der Waals surface area contributed by atoms with Crippen LogP contribution >= 0.6 is 12.4 Å². The molecule has 0 saturated carbocycles. The Bertz CT molecular complexity index is 337. The van der Waals surface area contributed by atoms with E-state index in [0.717, 1.165) is 32.6 Å². The van der Waals surface area contributed by atoms with Gasteiger partial charge in [-0.1, -0.05) is 13.8 Å². The Hall–Kier alpha value is -0.810. The monoisotopic (exact) mass is 303 g/mol. The first-order chi connectivity index (χ1) is 9.06. The van der Waals surface area contributed by atoms with Crippen molar-refractivity contribution in [3.63, 3.8) is 0 Å². The van der Waals surface area contributed by atoms with Crippen LogP contribution in [0.5, 0.6) is 0 Å². The summed E-state index contributed by atoms with van der Waals surface area (Å²) in [6, 6.07) is 0. The second-order valence-electron chi connectivity index (χ2n) is 6.19. The Balaban J connectivity index is 0.00000200. The molecule has 2 aliphatic rings. The average molecular weight is 304 g/mol. The van der Waals surface area contributed by atoms with E-state index >= 15 is 0 Å². The van der Waals surface area contributed by atoms with Crippen molar-refractivity contribution in [1.29, 1.82) is 0 Å². The van der Waals surface area contributed by atoms with Crippen molar-refractivity contribution < 1.29 is 9.59 Å². The number of nitrogens with zero attached hydrogens (tertiary/aromatic N) is 1. The van der Waals surface area contributed by atoms with Crippen molar-refractivity contribution in [3.05, 3.63) is 0 Å². The van der Waals surface area contributed by atoms with Gasteiger partial charge in [-0.15, -0.1) is 12.4 Å². The van der Waals surface area contributed by atoms with E-state index in [9.17, 15) is 9.59 Å². The smallest absolute Gasteiger partial charge is 0.241 e. The lowest BCUT2D eigenvalue weighted by molar-refractivity contribution is -0.132. The maximum absolute atomic E-state index is 12.0. The summed E-state index contributed by atoms with van der Waals surface area (Å²) in [4.78, 5) is 25.5. The Labute approximate surface area is 127 Å². The van der Waals surface area contributed by atoms with Gasteiger partial charge < -0.3 is 15.5 Å². The molecule has 116 valence electrons. The molecule has 0 spiro atoms. The van der Waals surface area contributed by atoms with Crippen LogP contribution in [0.15, 0.2) is 0 Å². The summed E-state index contributed by atoms with van der Waals surface area (Å²) >= 11 is 0. The van der Waals surface area contributed by atoms with E-state index in [1.54, 1.807) is 0 Å². The summed E-state index contributed by atoms with van der Waals surface area (Å²) in [5.41, 5.74) is 0. The van der Waals surface area contributed by atoms with Crippen LogP contribution in [0, 0.1) is 17.8 Å². The second-order valence-corrected chi connectivity index (χ2v) is 6.19. The molecule has 6 heteroatoms. The lowest BCUT2D eigenvalue weighted by atomic mass is 10.0. The predicted octanol–water partition coefficient (Wildman–Crippen LogP) is 0.638. The standard InChI is InChI=1S/C14H25N3O2.ClH/c1-10(2)3-4-13(18)16-7-14(19)17-8-11-5-15-6-12(11)9-17;/h10-12,15H,3-9H2,1-2H3,(H,16,18);1H/t11-,12+;. The molecule has 2 atom stereocenters. The normalized spacial score (nSPS) is 24.4. The van der Waals surface area contributed by atoms with Gasteiger partial charge in [-0.2, -0.15) is 0 Å². The molecule has 0 aromatic carbocycles. The predicted molar refractivity (Wildman–Crippen MR) is 80.8 cm³/mol. The number of hydrogen-bond donors (Lipinski definition) is 2. The molecule has 0 aliphatic carbocycles. The number of carbonyl (C=O) groups is 2. The van der Waals surface area contributed by atoms with Gasteiger partial charge in [-0.3, -0.25) is 9.59 Å². The number of nitrogens with one attached hydrogen (secondary N) is 2. The summed E-state index contributed by atoms with van der Waals surface area (Å²) in [7, 11) is 0. The molecule has 0 aromatic heterocycles. The molecule has 2 rings (SSSR count). The number of hydrogen-bond acceptors (Lipinski definition) is 3. The molecule has 2 saturated heterocycles. The SMILES string of the molecule is CC(C)CCC(=O)NCC(=O)N1C[C@H]2CNC[C@H]2C1.Cl. The zero-order valence-electron chi connectivity index (χ0n) is 12.4. The van der Waals surface area contributed by atoms with Crippen molar-refractivity contribution in [2.75, 3.05) is 32.7 Å². The fourth-order valence-electron chi connectivity index (χ4n) is 2.85. The fraction of sp³-hybridized carbons (Fsp3) is 0.857. The summed E-state index contributed by atoms with van der Waals surface area (Å²) in [6.45, 7) is 8.08. The van der Waals surface area contributed by atoms with Crippen molar-refractivity contribution in [2.45, 2.75) is 26.7 Å². The minimum atomic E-state index is -0.0110. The molecule has 2 heterocycles. The van der Waals surface area contributed by atoms with E-state index < -0.39 is 0 Å². The van der Waals surface area contributed by atoms with Crippen molar-refractivity contribution in [2.24, 2.45) is 17.8 Å². The van der Waals surface area contributed by atoms with Crippen LogP contribution in [-0.4, -0.2) is 49.4 Å². The molecular weight excluding hydrogens is 278 g/mol. The Morgan fingerprint density at radius 3 is 2.40 bits per heavy atom. The molecule has 5 nitrogen and oxygen atoms in total. The van der Waals surface area contributed by atoms with E-state index in [-0.39, 0.29) is 30.8 Å². The first kappa shape index (κ1) is 17.2. The number of likely N-dealkylation sites (tertiary alicyclic amines) is 1. The van der Waals surface area contributed by atoms with Crippen molar-refractivity contribution in [1.82, 2.24) is 15.5 Å².